The van der Waals surface area contributed by atoms with Crippen LogP contribution in [0, 0.1) is 5.92 Å². The third-order valence-electron chi connectivity index (χ3n) is 7.19. The summed E-state index contributed by atoms with van der Waals surface area (Å²) in [4.78, 5) is 15.1. The highest BCUT2D eigenvalue weighted by molar-refractivity contribution is 6.13. The molecule has 4 rings (SSSR count). The molecule has 0 spiro atoms. The van der Waals surface area contributed by atoms with E-state index >= 15 is 0 Å². The molecular weight excluding hydrogens is 458 g/mol. The molecule has 1 aliphatic rings. The van der Waals surface area contributed by atoms with E-state index in [4.69, 9.17) is 23.7 Å². The summed E-state index contributed by atoms with van der Waals surface area (Å²) < 4.78 is 28.5. The van der Waals surface area contributed by atoms with Crippen molar-refractivity contribution in [2.75, 3.05) is 48.6 Å². The van der Waals surface area contributed by atoms with Gasteiger partial charge in [0.2, 0.25) is 5.91 Å². The van der Waals surface area contributed by atoms with E-state index in [9.17, 15) is 4.79 Å². The summed E-state index contributed by atoms with van der Waals surface area (Å²) in [5.41, 5.74) is 0.829. The first-order valence-electron chi connectivity index (χ1n) is 12.3. The average Bonchev–Trinajstić information content (AvgIpc) is 2.88. The van der Waals surface area contributed by atoms with Crippen molar-refractivity contribution < 1.29 is 28.5 Å². The van der Waals surface area contributed by atoms with Crippen molar-refractivity contribution >= 4 is 27.5 Å². The molecule has 7 nitrogen and oxygen atoms in total. The number of ether oxygens (including phenoxy) is 5. The summed E-state index contributed by atoms with van der Waals surface area (Å²) >= 11 is 0. The van der Waals surface area contributed by atoms with Gasteiger partial charge in [-0.2, -0.15) is 0 Å². The predicted molar refractivity (Wildman–Crippen MR) is 142 cm³/mol. The highest BCUT2D eigenvalue weighted by atomic mass is 16.5. The van der Waals surface area contributed by atoms with Gasteiger partial charge in [0.1, 0.15) is 0 Å². The molecule has 3 aromatic carbocycles. The minimum absolute atomic E-state index is 0.00714. The van der Waals surface area contributed by atoms with Gasteiger partial charge in [0, 0.05) is 31.5 Å². The molecule has 0 N–H and O–H groups in total. The highest BCUT2D eigenvalue weighted by Crippen LogP contribution is 2.44. The van der Waals surface area contributed by atoms with E-state index in [0.29, 0.717) is 42.6 Å². The van der Waals surface area contributed by atoms with Gasteiger partial charge in [-0.1, -0.05) is 12.1 Å². The molecule has 0 radical (unpaired) electrons. The largest absolute Gasteiger partial charge is 0.493 e. The first kappa shape index (κ1) is 25.9. The Labute approximate surface area is 213 Å². The fraction of sp³-hybridized carbons (Fsp3) is 0.483. The zero-order valence-electron chi connectivity index (χ0n) is 22.4. The number of rotatable bonds is 8. The number of carbonyl (C=O) groups is 1. The first-order valence-corrected chi connectivity index (χ1v) is 12.3. The van der Waals surface area contributed by atoms with Crippen LogP contribution in [0.25, 0.3) is 21.5 Å². The molecule has 0 bridgehead atoms. The SMILES string of the molecule is COc1cc2ccc3c(CCN(C)C(=O)[C@@H]4CCOC(C)(C)C4)cc(OC)c(OC)c3c2cc1OC. The number of benzene rings is 3. The maximum atomic E-state index is 13.2. The number of fused-ring (bicyclic) bond motifs is 3. The lowest BCUT2D eigenvalue weighted by atomic mass is 9.87. The number of carbonyl (C=O) groups excluding carboxylic acids is 1. The normalized spacial score (nSPS) is 17.1. The molecule has 0 saturated carbocycles. The minimum Gasteiger partial charge on any atom is -0.493 e. The summed E-state index contributed by atoms with van der Waals surface area (Å²) in [5.74, 6) is 2.81. The maximum absolute atomic E-state index is 13.2. The van der Waals surface area contributed by atoms with Gasteiger partial charge in [0.25, 0.3) is 0 Å². The van der Waals surface area contributed by atoms with Crippen LogP contribution in [0.5, 0.6) is 23.0 Å². The second-order valence-corrected chi connectivity index (χ2v) is 10.00. The number of hydrogen-bond acceptors (Lipinski definition) is 6. The summed E-state index contributed by atoms with van der Waals surface area (Å²) in [6.07, 6.45) is 2.19. The van der Waals surface area contributed by atoms with E-state index in [2.05, 4.69) is 26.0 Å². The minimum atomic E-state index is -0.260. The Morgan fingerprint density at radius 3 is 2.31 bits per heavy atom. The summed E-state index contributed by atoms with van der Waals surface area (Å²) in [5, 5.41) is 3.99. The van der Waals surface area contributed by atoms with Crippen LogP contribution in [-0.4, -0.2) is 65.0 Å². The molecule has 194 valence electrons. The van der Waals surface area contributed by atoms with Crippen molar-refractivity contribution in [2.45, 2.75) is 38.7 Å². The molecule has 1 amide bonds. The molecule has 0 aromatic heterocycles. The Morgan fingerprint density at radius 2 is 1.67 bits per heavy atom. The van der Waals surface area contributed by atoms with E-state index in [1.807, 2.05) is 30.1 Å². The Morgan fingerprint density at radius 1 is 0.972 bits per heavy atom. The third-order valence-corrected chi connectivity index (χ3v) is 7.19. The van der Waals surface area contributed by atoms with Crippen LogP contribution in [0.4, 0.5) is 0 Å². The lowest BCUT2D eigenvalue weighted by Gasteiger charge is -2.36. The smallest absolute Gasteiger partial charge is 0.225 e. The van der Waals surface area contributed by atoms with Gasteiger partial charge in [-0.15, -0.1) is 0 Å². The number of likely N-dealkylation sites (N-methyl/N-ethyl adjacent to an activating group) is 1. The van der Waals surface area contributed by atoms with E-state index in [1.54, 1.807) is 28.4 Å². The van der Waals surface area contributed by atoms with Crippen LogP contribution in [-0.2, 0) is 16.0 Å². The van der Waals surface area contributed by atoms with Crippen molar-refractivity contribution in [3.05, 3.63) is 35.9 Å². The average molecular weight is 496 g/mol. The number of nitrogens with zero attached hydrogens (tertiary/aromatic N) is 1. The molecule has 36 heavy (non-hydrogen) atoms. The van der Waals surface area contributed by atoms with E-state index < -0.39 is 0 Å². The molecule has 1 saturated heterocycles. The van der Waals surface area contributed by atoms with Crippen LogP contribution >= 0.6 is 0 Å². The van der Waals surface area contributed by atoms with Crippen LogP contribution in [0.1, 0.15) is 32.3 Å². The summed E-state index contributed by atoms with van der Waals surface area (Å²) in [7, 11) is 8.44. The predicted octanol–water partition coefficient (Wildman–Crippen LogP) is 5.23. The zero-order chi connectivity index (χ0) is 26.0. The van der Waals surface area contributed by atoms with E-state index in [1.165, 1.54) is 0 Å². The molecular formula is C29H37NO6. The Kier molecular flexibility index (Phi) is 7.50. The molecule has 3 aromatic rings. The third kappa shape index (κ3) is 4.89. The fourth-order valence-electron chi connectivity index (χ4n) is 5.30. The molecule has 0 aliphatic carbocycles. The molecule has 1 aliphatic heterocycles. The zero-order valence-corrected chi connectivity index (χ0v) is 22.4. The monoisotopic (exact) mass is 495 g/mol. The molecule has 1 heterocycles. The molecule has 7 heteroatoms. The van der Waals surface area contributed by atoms with Gasteiger partial charge in [-0.05, 0) is 73.0 Å². The van der Waals surface area contributed by atoms with Gasteiger partial charge in [0.05, 0.1) is 34.0 Å². The lowest BCUT2D eigenvalue weighted by Crippen LogP contribution is -2.42. The van der Waals surface area contributed by atoms with Gasteiger partial charge in [-0.3, -0.25) is 4.79 Å². The molecule has 0 unspecified atom stereocenters. The Bertz CT molecular complexity index is 1270. The van der Waals surface area contributed by atoms with Crippen LogP contribution in [0.3, 0.4) is 0 Å². The van der Waals surface area contributed by atoms with Crippen molar-refractivity contribution in [2.24, 2.45) is 5.92 Å². The summed E-state index contributed by atoms with van der Waals surface area (Å²) in [6, 6.07) is 10.1. The standard InChI is InChI=1S/C29H37NO6/c1-29(2)17-20(11-13-36-29)28(31)30(3)12-10-19-15-25(34-6)27(35-7)26-21(19)9-8-18-14-23(32-4)24(33-5)16-22(18)26/h8-9,14-16,20H,10-13,17H2,1-7H3/t20-/m1/s1. The number of hydrogen-bond donors (Lipinski definition) is 0. The number of amides is 1. The van der Waals surface area contributed by atoms with Crippen molar-refractivity contribution in [1.29, 1.82) is 0 Å². The topological polar surface area (TPSA) is 66.5 Å². The lowest BCUT2D eigenvalue weighted by molar-refractivity contribution is -0.144. The van der Waals surface area contributed by atoms with Gasteiger partial charge in [-0.25, -0.2) is 0 Å². The highest BCUT2D eigenvalue weighted by Gasteiger charge is 2.34. The van der Waals surface area contributed by atoms with Gasteiger partial charge in [0.15, 0.2) is 23.0 Å². The van der Waals surface area contributed by atoms with Gasteiger partial charge >= 0.3 is 0 Å². The quantitative estimate of drug-likeness (QED) is 0.399. The summed E-state index contributed by atoms with van der Waals surface area (Å²) in [6.45, 7) is 5.33. The fourth-order valence-corrected chi connectivity index (χ4v) is 5.30. The van der Waals surface area contributed by atoms with Crippen LogP contribution in [0.15, 0.2) is 30.3 Å². The van der Waals surface area contributed by atoms with E-state index in [0.717, 1.165) is 39.9 Å². The maximum Gasteiger partial charge on any atom is 0.225 e. The molecule has 1 fully saturated rings. The van der Waals surface area contributed by atoms with Gasteiger partial charge < -0.3 is 28.6 Å². The number of methoxy groups -OCH3 is 4. The molecule has 1 atom stereocenters. The second-order valence-electron chi connectivity index (χ2n) is 10.00. The van der Waals surface area contributed by atoms with Crippen molar-refractivity contribution in [1.82, 2.24) is 4.90 Å². The van der Waals surface area contributed by atoms with Crippen molar-refractivity contribution in [3.8, 4) is 23.0 Å². The Balaban J connectivity index is 1.72. The van der Waals surface area contributed by atoms with Crippen LogP contribution in [0.2, 0.25) is 0 Å². The Hall–Kier alpha value is -3.19. The van der Waals surface area contributed by atoms with Crippen molar-refractivity contribution in [3.63, 3.8) is 0 Å². The van der Waals surface area contributed by atoms with Crippen LogP contribution < -0.4 is 18.9 Å². The van der Waals surface area contributed by atoms with E-state index in [-0.39, 0.29) is 17.4 Å². The second kappa shape index (κ2) is 10.4. The first-order chi connectivity index (χ1) is 17.2.